The zero-order valence-corrected chi connectivity index (χ0v) is 10.1. The molecule has 0 aliphatic carbocycles. The van der Waals surface area contributed by atoms with E-state index in [4.69, 9.17) is 21.6 Å². The Bertz CT molecular complexity index is 607. The molecule has 0 saturated heterocycles. The van der Waals surface area contributed by atoms with Gasteiger partial charge in [0.05, 0.1) is 0 Å². The number of nitrogens with zero attached hydrogens (tertiary/aromatic N) is 1. The van der Waals surface area contributed by atoms with Gasteiger partial charge in [-0.25, -0.2) is 4.39 Å². The maximum absolute atomic E-state index is 13.4. The van der Waals surface area contributed by atoms with E-state index in [0.717, 1.165) is 5.56 Å². The molecule has 2 aromatic carbocycles. The summed E-state index contributed by atoms with van der Waals surface area (Å²) in [6.45, 7) is 0. The largest absolute Gasteiger partial charge is 0.456 e. The van der Waals surface area contributed by atoms with Crippen LogP contribution in [0.15, 0.2) is 42.5 Å². The SMILES string of the molecule is N#Cc1c(F)cccc1Oc1cccc(CCl)c1. The van der Waals surface area contributed by atoms with Crippen LogP contribution in [0.2, 0.25) is 0 Å². The van der Waals surface area contributed by atoms with Gasteiger partial charge < -0.3 is 4.74 Å². The Labute approximate surface area is 109 Å². The molecule has 0 amide bonds. The number of nitriles is 1. The first-order chi connectivity index (χ1) is 8.74. The highest BCUT2D eigenvalue weighted by Gasteiger charge is 2.09. The minimum Gasteiger partial charge on any atom is -0.456 e. The molecule has 2 aromatic rings. The second kappa shape index (κ2) is 5.52. The molecule has 0 bridgehead atoms. The van der Waals surface area contributed by atoms with Gasteiger partial charge in [-0.05, 0) is 29.8 Å². The quantitative estimate of drug-likeness (QED) is 0.775. The summed E-state index contributed by atoms with van der Waals surface area (Å²) in [7, 11) is 0. The normalized spacial score (nSPS) is 9.83. The molecule has 90 valence electrons. The van der Waals surface area contributed by atoms with E-state index in [-0.39, 0.29) is 11.3 Å². The van der Waals surface area contributed by atoms with Gasteiger partial charge in [0.2, 0.25) is 0 Å². The number of alkyl halides is 1. The molecule has 2 rings (SSSR count). The highest BCUT2D eigenvalue weighted by molar-refractivity contribution is 6.17. The summed E-state index contributed by atoms with van der Waals surface area (Å²) in [5.41, 5.74) is 0.790. The van der Waals surface area contributed by atoms with Crippen molar-refractivity contribution in [3.05, 3.63) is 59.4 Å². The van der Waals surface area contributed by atoms with E-state index in [9.17, 15) is 4.39 Å². The third-order valence-corrected chi connectivity index (χ3v) is 2.68. The number of hydrogen-bond donors (Lipinski definition) is 0. The van der Waals surface area contributed by atoms with E-state index in [0.29, 0.717) is 11.6 Å². The summed E-state index contributed by atoms with van der Waals surface area (Å²) in [6.07, 6.45) is 0. The predicted molar refractivity (Wildman–Crippen MR) is 67.2 cm³/mol. The van der Waals surface area contributed by atoms with Crippen LogP contribution in [0.4, 0.5) is 4.39 Å². The summed E-state index contributed by atoms with van der Waals surface area (Å²) in [5, 5.41) is 8.89. The van der Waals surface area contributed by atoms with Crippen LogP contribution in [0.1, 0.15) is 11.1 Å². The van der Waals surface area contributed by atoms with Crippen LogP contribution in [0.5, 0.6) is 11.5 Å². The summed E-state index contributed by atoms with van der Waals surface area (Å²) in [6, 6.07) is 13.2. The standard InChI is InChI=1S/C14H9ClFNO/c15-8-10-3-1-4-11(7-10)18-14-6-2-5-13(16)12(14)9-17/h1-7H,8H2. The van der Waals surface area contributed by atoms with Gasteiger partial charge >= 0.3 is 0 Å². The Kier molecular flexibility index (Phi) is 3.81. The Morgan fingerprint density at radius 3 is 2.72 bits per heavy atom. The van der Waals surface area contributed by atoms with Gasteiger partial charge in [0, 0.05) is 5.88 Å². The molecule has 0 aliphatic rings. The summed E-state index contributed by atoms with van der Waals surface area (Å²) in [4.78, 5) is 0. The van der Waals surface area contributed by atoms with E-state index in [1.807, 2.05) is 6.07 Å². The lowest BCUT2D eigenvalue weighted by Gasteiger charge is -2.08. The molecule has 0 aliphatic heterocycles. The fraction of sp³-hybridized carbons (Fsp3) is 0.0714. The number of rotatable bonds is 3. The molecule has 0 fully saturated rings. The first-order valence-electron chi connectivity index (χ1n) is 5.26. The Balaban J connectivity index is 2.34. The van der Waals surface area contributed by atoms with Crippen molar-refractivity contribution >= 4 is 11.6 Å². The van der Waals surface area contributed by atoms with E-state index in [2.05, 4.69) is 0 Å². The van der Waals surface area contributed by atoms with Crippen LogP contribution in [0.25, 0.3) is 0 Å². The molecule has 0 saturated carbocycles. The van der Waals surface area contributed by atoms with Gasteiger partial charge in [-0.1, -0.05) is 18.2 Å². The maximum atomic E-state index is 13.4. The van der Waals surface area contributed by atoms with Crippen LogP contribution in [0.3, 0.4) is 0 Å². The minimum atomic E-state index is -0.594. The molecule has 0 N–H and O–H groups in total. The molecule has 0 unspecified atom stereocenters. The molecule has 2 nitrogen and oxygen atoms in total. The Hall–Kier alpha value is -2.05. The average molecular weight is 262 g/mol. The van der Waals surface area contributed by atoms with E-state index >= 15 is 0 Å². The average Bonchev–Trinajstić information content (AvgIpc) is 2.39. The predicted octanol–water partition coefficient (Wildman–Crippen LogP) is 4.23. The molecule has 0 aromatic heterocycles. The van der Waals surface area contributed by atoms with Crippen molar-refractivity contribution in [2.45, 2.75) is 5.88 Å². The molecular formula is C14H9ClFNO. The van der Waals surface area contributed by atoms with Gasteiger partial charge in [0.25, 0.3) is 0 Å². The number of ether oxygens (including phenoxy) is 1. The minimum absolute atomic E-state index is 0.103. The first-order valence-corrected chi connectivity index (χ1v) is 5.79. The molecule has 0 atom stereocenters. The van der Waals surface area contributed by atoms with Crippen molar-refractivity contribution in [3.63, 3.8) is 0 Å². The van der Waals surface area contributed by atoms with Gasteiger partial charge in [-0.15, -0.1) is 11.6 Å². The molecule has 0 spiro atoms. The van der Waals surface area contributed by atoms with E-state index < -0.39 is 5.82 Å². The van der Waals surface area contributed by atoms with Crippen molar-refractivity contribution < 1.29 is 9.13 Å². The highest BCUT2D eigenvalue weighted by atomic mass is 35.5. The Morgan fingerprint density at radius 2 is 2.00 bits per heavy atom. The molecular weight excluding hydrogens is 253 g/mol. The lowest BCUT2D eigenvalue weighted by atomic mass is 10.2. The molecule has 4 heteroatoms. The topological polar surface area (TPSA) is 33.0 Å². The zero-order chi connectivity index (χ0) is 13.0. The summed E-state index contributed by atoms with van der Waals surface area (Å²) >= 11 is 5.72. The van der Waals surface area contributed by atoms with Gasteiger partial charge in [-0.3, -0.25) is 0 Å². The number of benzene rings is 2. The van der Waals surface area contributed by atoms with E-state index in [1.54, 1.807) is 30.3 Å². The third kappa shape index (κ3) is 2.61. The summed E-state index contributed by atoms with van der Waals surface area (Å²) in [5.74, 6) is 0.494. The highest BCUT2D eigenvalue weighted by Crippen LogP contribution is 2.27. The molecule has 0 heterocycles. The van der Waals surface area contributed by atoms with Gasteiger partial charge in [-0.2, -0.15) is 5.26 Å². The van der Waals surface area contributed by atoms with Crippen molar-refractivity contribution in [1.29, 1.82) is 5.26 Å². The van der Waals surface area contributed by atoms with Crippen molar-refractivity contribution in [3.8, 4) is 17.6 Å². The molecule has 18 heavy (non-hydrogen) atoms. The lowest BCUT2D eigenvalue weighted by Crippen LogP contribution is -1.92. The smallest absolute Gasteiger partial charge is 0.148 e. The van der Waals surface area contributed by atoms with Crippen molar-refractivity contribution in [1.82, 2.24) is 0 Å². The monoisotopic (exact) mass is 261 g/mol. The second-order valence-corrected chi connectivity index (χ2v) is 3.88. The third-order valence-electron chi connectivity index (χ3n) is 2.37. The van der Waals surface area contributed by atoms with Crippen molar-refractivity contribution in [2.24, 2.45) is 0 Å². The fourth-order valence-corrected chi connectivity index (χ4v) is 1.68. The molecule has 0 radical (unpaired) electrons. The first kappa shape index (κ1) is 12.4. The number of hydrogen-bond acceptors (Lipinski definition) is 2. The van der Waals surface area contributed by atoms with Gasteiger partial charge in [0.1, 0.15) is 28.9 Å². The van der Waals surface area contributed by atoms with Crippen LogP contribution in [0, 0.1) is 17.1 Å². The van der Waals surface area contributed by atoms with Crippen LogP contribution in [-0.2, 0) is 5.88 Å². The lowest BCUT2D eigenvalue weighted by molar-refractivity contribution is 0.474. The van der Waals surface area contributed by atoms with Gasteiger partial charge in [0.15, 0.2) is 0 Å². The van der Waals surface area contributed by atoms with Crippen LogP contribution < -0.4 is 4.74 Å². The number of halogens is 2. The Morgan fingerprint density at radius 1 is 1.22 bits per heavy atom. The fourth-order valence-electron chi connectivity index (χ4n) is 1.52. The maximum Gasteiger partial charge on any atom is 0.148 e. The van der Waals surface area contributed by atoms with Crippen LogP contribution >= 0.6 is 11.6 Å². The van der Waals surface area contributed by atoms with Crippen LogP contribution in [-0.4, -0.2) is 0 Å². The van der Waals surface area contributed by atoms with E-state index in [1.165, 1.54) is 12.1 Å². The zero-order valence-electron chi connectivity index (χ0n) is 9.36. The second-order valence-electron chi connectivity index (χ2n) is 3.61. The van der Waals surface area contributed by atoms with Crippen molar-refractivity contribution in [2.75, 3.05) is 0 Å². The summed E-state index contributed by atoms with van der Waals surface area (Å²) < 4.78 is 18.9.